The van der Waals surface area contributed by atoms with Crippen molar-refractivity contribution >= 4 is 0 Å². The number of ether oxygens (including phenoxy) is 2. The third-order valence-electron chi connectivity index (χ3n) is 2.18. The highest BCUT2D eigenvalue weighted by molar-refractivity contribution is 4.60. The van der Waals surface area contributed by atoms with Crippen molar-refractivity contribution in [1.82, 2.24) is 4.90 Å². The van der Waals surface area contributed by atoms with Gasteiger partial charge in [-0.25, -0.2) is 0 Å². The zero-order valence-corrected chi connectivity index (χ0v) is 11.0. The minimum absolute atomic E-state index is 0.0706. The average molecular weight is 217 g/mol. The zero-order valence-electron chi connectivity index (χ0n) is 11.0. The second kappa shape index (κ2) is 9.13. The Labute approximate surface area is 94.7 Å². The van der Waals surface area contributed by atoms with Crippen molar-refractivity contribution in [3.63, 3.8) is 0 Å². The van der Waals surface area contributed by atoms with E-state index in [1.54, 1.807) is 0 Å². The molecule has 0 radical (unpaired) electrons. The molecule has 0 aromatic carbocycles. The zero-order chi connectivity index (χ0) is 11.7. The van der Waals surface area contributed by atoms with E-state index in [1.165, 1.54) is 0 Å². The third-order valence-corrected chi connectivity index (χ3v) is 2.18. The van der Waals surface area contributed by atoms with Gasteiger partial charge < -0.3 is 9.47 Å². The van der Waals surface area contributed by atoms with E-state index in [0.29, 0.717) is 19.1 Å². The Balaban J connectivity index is 3.96. The highest BCUT2D eigenvalue weighted by Crippen LogP contribution is 2.03. The molecule has 0 heterocycles. The smallest absolute Gasteiger partial charge is 0.170 e. The molecule has 0 rings (SSSR count). The summed E-state index contributed by atoms with van der Waals surface area (Å²) in [6.45, 7) is 15.1. The van der Waals surface area contributed by atoms with Gasteiger partial charge in [0.05, 0.1) is 0 Å². The van der Waals surface area contributed by atoms with E-state index in [1.807, 2.05) is 13.8 Å². The molecule has 15 heavy (non-hydrogen) atoms. The molecule has 3 nitrogen and oxygen atoms in total. The number of nitrogens with zero attached hydrogens (tertiary/aromatic N) is 1. The van der Waals surface area contributed by atoms with Crippen molar-refractivity contribution in [2.45, 2.75) is 40.9 Å². The Morgan fingerprint density at radius 3 is 1.80 bits per heavy atom. The molecule has 0 aliphatic heterocycles. The Morgan fingerprint density at radius 1 is 0.933 bits per heavy atom. The third kappa shape index (κ3) is 7.77. The van der Waals surface area contributed by atoms with E-state index in [0.717, 1.165) is 19.6 Å². The molecule has 0 aromatic rings. The summed E-state index contributed by atoms with van der Waals surface area (Å²) in [6.07, 6.45) is -0.0706. The average Bonchev–Trinajstić information content (AvgIpc) is 2.16. The summed E-state index contributed by atoms with van der Waals surface area (Å²) in [5, 5.41) is 0. The fourth-order valence-electron chi connectivity index (χ4n) is 1.59. The summed E-state index contributed by atoms with van der Waals surface area (Å²) >= 11 is 0. The number of hydrogen-bond donors (Lipinski definition) is 0. The van der Waals surface area contributed by atoms with Gasteiger partial charge in [-0.2, -0.15) is 0 Å². The largest absolute Gasteiger partial charge is 0.352 e. The molecule has 0 aromatic heterocycles. The van der Waals surface area contributed by atoms with E-state index in [9.17, 15) is 0 Å². The number of rotatable bonds is 9. The van der Waals surface area contributed by atoms with Crippen molar-refractivity contribution in [3.8, 4) is 0 Å². The lowest BCUT2D eigenvalue weighted by Gasteiger charge is -2.27. The molecule has 0 aliphatic carbocycles. The van der Waals surface area contributed by atoms with Crippen LogP contribution in [0, 0.1) is 5.92 Å². The number of likely N-dealkylation sites (N-methyl/N-ethyl adjacent to an activating group) is 1. The van der Waals surface area contributed by atoms with Gasteiger partial charge in [-0.1, -0.05) is 20.8 Å². The topological polar surface area (TPSA) is 21.7 Å². The van der Waals surface area contributed by atoms with E-state index < -0.39 is 0 Å². The molecular weight excluding hydrogens is 190 g/mol. The lowest BCUT2D eigenvalue weighted by atomic mass is 10.2. The van der Waals surface area contributed by atoms with Crippen molar-refractivity contribution in [3.05, 3.63) is 0 Å². The highest BCUT2D eigenvalue weighted by atomic mass is 16.7. The van der Waals surface area contributed by atoms with Crippen LogP contribution in [0.5, 0.6) is 0 Å². The van der Waals surface area contributed by atoms with Crippen LogP contribution in [0.4, 0.5) is 0 Å². The molecule has 0 atom stereocenters. The Morgan fingerprint density at radius 2 is 1.47 bits per heavy atom. The van der Waals surface area contributed by atoms with E-state index >= 15 is 0 Å². The minimum atomic E-state index is -0.0706. The summed E-state index contributed by atoms with van der Waals surface area (Å²) in [7, 11) is 0. The molecule has 0 saturated carbocycles. The summed E-state index contributed by atoms with van der Waals surface area (Å²) < 4.78 is 11.1. The van der Waals surface area contributed by atoms with E-state index in [4.69, 9.17) is 9.47 Å². The first-order valence-electron chi connectivity index (χ1n) is 6.09. The van der Waals surface area contributed by atoms with Gasteiger partial charge in [0.15, 0.2) is 6.29 Å². The van der Waals surface area contributed by atoms with Crippen LogP contribution in [0.3, 0.4) is 0 Å². The fraction of sp³-hybridized carbons (Fsp3) is 1.00. The highest BCUT2D eigenvalue weighted by Gasteiger charge is 2.13. The molecule has 0 amide bonds. The lowest BCUT2D eigenvalue weighted by molar-refractivity contribution is -0.147. The molecular formula is C12H27NO2. The predicted molar refractivity (Wildman–Crippen MR) is 64.0 cm³/mol. The van der Waals surface area contributed by atoms with E-state index in [-0.39, 0.29) is 6.29 Å². The van der Waals surface area contributed by atoms with Crippen LogP contribution in [0.15, 0.2) is 0 Å². The van der Waals surface area contributed by atoms with Gasteiger partial charge in [0.25, 0.3) is 0 Å². The molecule has 0 saturated heterocycles. The first-order valence-corrected chi connectivity index (χ1v) is 6.09. The molecule has 0 unspecified atom stereocenters. The van der Waals surface area contributed by atoms with Crippen LogP contribution >= 0.6 is 0 Å². The summed E-state index contributed by atoms with van der Waals surface area (Å²) in [4.78, 5) is 2.38. The van der Waals surface area contributed by atoms with Crippen LogP contribution < -0.4 is 0 Å². The molecule has 92 valence electrons. The van der Waals surface area contributed by atoms with E-state index in [2.05, 4.69) is 25.7 Å². The van der Waals surface area contributed by atoms with Crippen LogP contribution in [0.2, 0.25) is 0 Å². The molecule has 0 N–H and O–H groups in total. The quantitative estimate of drug-likeness (QED) is 0.553. The van der Waals surface area contributed by atoms with Crippen LogP contribution in [0.25, 0.3) is 0 Å². The molecule has 3 heteroatoms. The molecule has 0 bridgehead atoms. The maximum Gasteiger partial charge on any atom is 0.170 e. The Bertz CT molecular complexity index is 134. The van der Waals surface area contributed by atoms with Crippen LogP contribution in [0.1, 0.15) is 34.6 Å². The Hall–Kier alpha value is -0.120. The predicted octanol–water partition coefficient (Wildman–Crippen LogP) is 2.36. The summed E-state index contributed by atoms with van der Waals surface area (Å²) in [5.41, 5.74) is 0. The van der Waals surface area contributed by atoms with Crippen LogP contribution in [-0.4, -0.2) is 44.0 Å². The lowest BCUT2D eigenvalue weighted by Crippen LogP contribution is -2.37. The SMILES string of the molecule is CCOC(CN(CC)CC(C)C)OCC. The Kier molecular flexibility index (Phi) is 9.06. The fourth-order valence-corrected chi connectivity index (χ4v) is 1.59. The van der Waals surface area contributed by atoms with Crippen molar-refractivity contribution in [2.24, 2.45) is 5.92 Å². The van der Waals surface area contributed by atoms with Gasteiger partial charge in [0.1, 0.15) is 0 Å². The molecule has 0 aliphatic rings. The van der Waals surface area contributed by atoms with Gasteiger partial charge in [-0.3, -0.25) is 4.90 Å². The normalized spacial score (nSPS) is 12.0. The van der Waals surface area contributed by atoms with Crippen molar-refractivity contribution < 1.29 is 9.47 Å². The van der Waals surface area contributed by atoms with Gasteiger partial charge in [-0.05, 0) is 26.3 Å². The van der Waals surface area contributed by atoms with Crippen molar-refractivity contribution in [2.75, 3.05) is 32.8 Å². The first kappa shape index (κ1) is 14.9. The second-order valence-electron chi connectivity index (χ2n) is 4.09. The van der Waals surface area contributed by atoms with Gasteiger partial charge in [0, 0.05) is 26.3 Å². The monoisotopic (exact) mass is 217 g/mol. The maximum atomic E-state index is 5.53. The maximum absolute atomic E-state index is 5.53. The van der Waals surface area contributed by atoms with Gasteiger partial charge in [0.2, 0.25) is 0 Å². The van der Waals surface area contributed by atoms with Crippen LogP contribution in [-0.2, 0) is 9.47 Å². The van der Waals surface area contributed by atoms with Gasteiger partial charge in [-0.15, -0.1) is 0 Å². The standard InChI is InChI=1S/C12H27NO2/c1-6-13(9-11(4)5)10-12(14-7-2)15-8-3/h11-12H,6-10H2,1-5H3. The first-order chi connectivity index (χ1) is 7.13. The van der Waals surface area contributed by atoms with Crippen molar-refractivity contribution in [1.29, 1.82) is 0 Å². The van der Waals surface area contributed by atoms with Gasteiger partial charge >= 0.3 is 0 Å². The molecule has 0 spiro atoms. The summed E-state index contributed by atoms with van der Waals surface area (Å²) in [6, 6.07) is 0. The summed E-state index contributed by atoms with van der Waals surface area (Å²) in [5.74, 6) is 0.689. The number of hydrogen-bond acceptors (Lipinski definition) is 3. The molecule has 0 fully saturated rings. The second-order valence-corrected chi connectivity index (χ2v) is 4.09. The minimum Gasteiger partial charge on any atom is -0.352 e.